The second kappa shape index (κ2) is 7.25. The Morgan fingerprint density at radius 1 is 1.32 bits per heavy atom. The lowest BCUT2D eigenvalue weighted by Gasteiger charge is -2.33. The van der Waals surface area contributed by atoms with Gasteiger partial charge in [0.1, 0.15) is 0 Å². The zero-order valence-corrected chi connectivity index (χ0v) is 12.5. The van der Waals surface area contributed by atoms with Gasteiger partial charge in [0.15, 0.2) is 0 Å². The molecule has 2 N–H and O–H groups in total. The van der Waals surface area contributed by atoms with Crippen molar-refractivity contribution in [2.45, 2.75) is 58.0 Å². The molecule has 2 fully saturated rings. The molecule has 2 heterocycles. The zero-order chi connectivity index (χ0) is 13.7. The van der Waals surface area contributed by atoms with Gasteiger partial charge in [0, 0.05) is 18.6 Å². The van der Waals surface area contributed by atoms with Crippen LogP contribution in [0.15, 0.2) is 0 Å². The standard InChI is InChI=1S/C15H29N3O/c1-12(18-9-4-3-5-10-18)11-17-15(19)14-7-6-8-16-13(14)2/h12-14,16H,3-11H2,1-2H3,(H,17,19). The second-order valence-electron chi connectivity index (χ2n) is 6.18. The van der Waals surface area contributed by atoms with Gasteiger partial charge >= 0.3 is 0 Å². The number of carbonyl (C=O) groups is 1. The van der Waals surface area contributed by atoms with Crippen LogP contribution in [-0.2, 0) is 4.79 Å². The number of carbonyl (C=O) groups excluding carboxylic acids is 1. The van der Waals surface area contributed by atoms with E-state index in [-0.39, 0.29) is 11.8 Å². The van der Waals surface area contributed by atoms with E-state index in [1.165, 1.54) is 32.4 Å². The molecule has 0 spiro atoms. The molecular formula is C15H29N3O. The summed E-state index contributed by atoms with van der Waals surface area (Å²) in [5.41, 5.74) is 0. The van der Waals surface area contributed by atoms with E-state index in [9.17, 15) is 4.79 Å². The van der Waals surface area contributed by atoms with Crippen molar-refractivity contribution >= 4 is 5.91 Å². The topological polar surface area (TPSA) is 44.4 Å². The van der Waals surface area contributed by atoms with Gasteiger partial charge in [-0.25, -0.2) is 0 Å². The number of likely N-dealkylation sites (tertiary alicyclic amines) is 1. The number of hydrogen-bond donors (Lipinski definition) is 2. The van der Waals surface area contributed by atoms with Gasteiger partial charge < -0.3 is 10.6 Å². The van der Waals surface area contributed by atoms with Gasteiger partial charge in [0.25, 0.3) is 0 Å². The van der Waals surface area contributed by atoms with E-state index in [4.69, 9.17) is 0 Å². The fourth-order valence-electron chi connectivity index (χ4n) is 3.27. The van der Waals surface area contributed by atoms with Gasteiger partial charge in [0.05, 0.1) is 5.92 Å². The molecule has 4 heteroatoms. The van der Waals surface area contributed by atoms with E-state index in [1.54, 1.807) is 0 Å². The Morgan fingerprint density at radius 3 is 2.74 bits per heavy atom. The molecule has 0 aromatic carbocycles. The largest absolute Gasteiger partial charge is 0.354 e. The molecule has 4 nitrogen and oxygen atoms in total. The average molecular weight is 267 g/mol. The first-order valence-electron chi connectivity index (χ1n) is 7.93. The minimum Gasteiger partial charge on any atom is -0.354 e. The van der Waals surface area contributed by atoms with Gasteiger partial charge in [-0.3, -0.25) is 9.69 Å². The molecule has 19 heavy (non-hydrogen) atoms. The van der Waals surface area contributed by atoms with E-state index in [2.05, 4.69) is 29.4 Å². The van der Waals surface area contributed by atoms with Gasteiger partial charge in [0.2, 0.25) is 5.91 Å². The van der Waals surface area contributed by atoms with E-state index in [0.29, 0.717) is 12.1 Å². The molecule has 0 aliphatic carbocycles. The summed E-state index contributed by atoms with van der Waals surface area (Å²) in [7, 11) is 0. The van der Waals surface area contributed by atoms with Crippen molar-refractivity contribution < 1.29 is 4.79 Å². The highest BCUT2D eigenvalue weighted by molar-refractivity contribution is 5.79. The van der Waals surface area contributed by atoms with Crippen LogP contribution < -0.4 is 10.6 Å². The molecule has 0 aromatic heterocycles. The summed E-state index contributed by atoms with van der Waals surface area (Å²) in [4.78, 5) is 14.7. The number of nitrogens with one attached hydrogen (secondary N) is 2. The number of amides is 1. The third-order valence-electron chi connectivity index (χ3n) is 4.68. The highest BCUT2D eigenvalue weighted by Gasteiger charge is 2.27. The van der Waals surface area contributed by atoms with E-state index in [1.807, 2.05) is 0 Å². The minimum absolute atomic E-state index is 0.155. The molecule has 2 aliphatic rings. The van der Waals surface area contributed by atoms with Crippen molar-refractivity contribution in [1.29, 1.82) is 0 Å². The van der Waals surface area contributed by atoms with Crippen LogP contribution in [0.2, 0.25) is 0 Å². The van der Waals surface area contributed by atoms with Gasteiger partial charge in [-0.1, -0.05) is 6.42 Å². The predicted octanol–water partition coefficient (Wildman–Crippen LogP) is 1.37. The van der Waals surface area contributed by atoms with Crippen LogP contribution in [0.5, 0.6) is 0 Å². The summed E-state index contributed by atoms with van der Waals surface area (Å²) in [6.45, 7) is 8.58. The van der Waals surface area contributed by atoms with Crippen LogP contribution in [0.3, 0.4) is 0 Å². The maximum Gasteiger partial charge on any atom is 0.224 e. The first-order valence-corrected chi connectivity index (χ1v) is 7.93. The SMILES string of the molecule is CC1NCCCC1C(=O)NCC(C)N1CCCCC1. The molecule has 3 atom stereocenters. The van der Waals surface area contributed by atoms with Crippen molar-refractivity contribution in [1.82, 2.24) is 15.5 Å². The molecule has 2 saturated heterocycles. The third-order valence-corrected chi connectivity index (χ3v) is 4.68. The van der Waals surface area contributed by atoms with Crippen molar-refractivity contribution in [2.24, 2.45) is 5.92 Å². The summed E-state index contributed by atoms with van der Waals surface area (Å²) in [6.07, 6.45) is 6.12. The van der Waals surface area contributed by atoms with Crippen molar-refractivity contribution in [2.75, 3.05) is 26.2 Å². The summed E-state index contributed by atoms with van der Waals surface area (Å²) in [5, 5.41) is 6.55. The summed E-state index contributed by atoms with van der Waals surface area (Å²) >= 11 is 0. The van der Waals surface area contributed by atoms with Crippen LogP contribution in [0.25, 0.3) is 0 Å². The number of nitrogens with zero attached hydrogens (tertiary/aromatic N) is 1. The normalized spacial score (nSPS) is 30.8. The molecule has 110 valence electrons. The van der Waals surface area contributed by atoms with Crippen molar-refractivity contribution in [3.63, 3.8) is 0 Å². The summed E-state index contributed by atoms with van der Waals surface area (Å²) < 4.78 is 0. The lowest BCUT2D eigenvalue weighted by atomic mass is 9.91. The molecule has 1 amide bonds. The second-order valence-corrected chi connectivity index (χ2v) is 6.18. The van der Waals surface area contributed by atoms with E-state index < -0.39 is 0 Å². The van der Waals surface area contributed by atoms with Crippen LogP contribution in [0, 0.1) is 5.92 Å². The first-order chi connectivity index (χ1) is 9.18. The van der Waals surface area contributed by atoms with E-state index in [0.717, 1.165) is 25.9 Å². The minimum atomic E-state index is 0.155. The lowest BCUT2D eigenvalue weighted by Crippen LogP contribution is -2.50. The average Bonchev–Trinajstić information content (AvgIpc) is 2.46. The Kier molecular flexibility index (Phi) is 5.64. The molecule has 0 bridgehead atoms. The Balaban J connectivity index is 1.72. The molecule has 2 aliphatic heterocycles. The summed E-state index contributed by atoms with van der Waals surface area (Å²) in [6, 6.07) is 0.787. The fourth-order valence-corrected chi connectivity index (χ4v) is 3.27. The zero-order valence-electron chi connectivity index (χ0n) is 12.5. The van der Waals surface area contributed by atoms with Crippen molar-refractivity contribution in [3.05, 3.63) is 0 Å². The van der Waals surface area contributed by atoms with Gasteiger partial charge in [-0.05, 0) is 59.2 Å². The number of hydrogen-bond acceptors (Lipinski definition) is 3. The molecular weight excluding hydrogens is 238 g/mol. The summed E-state index contributed by atoms with van der Waals surface area (Å²) in [5.74, 6) is 0.394. The van der Waals surface area contributed by atoms with Crippen LogP contribution in [0.1, 0.15) is 46.0 Å². The smallest absolute Gasteiger partial charge is 0.224 e. The van der Waals surface area contributed by atoms with E-state index >= 15 is 0 Å². The fraction of sp³-hybridized carbons (Fsp3) is 0.933. The van der Waals surface area contributed by atoms with Crippen LogP contribution >= 0.6 is 0 Å². The first kappa shape index (κ1) is 14.8. The number of piperidine rings is 2. The monoisotopic (exact) mass is 267 g/mol. The maximum atomic E-state index is 12.2. The Morgan fingerprint density at radius 2 is 2.05 bits per heavy atom. The van der Waals surface area contributed by atoms with Crippen LogP contribution in [-0.4, -0.2) is 49.1 Å². The molecule has 2 rings (SSSR count). The van der Waals surface area contributed by atoms with Crippen LogP contribution in [0.4, 0.5) is 0 Å². The quantitative estimate of drug-likeness (QED) is 0.808. The highest BCUT2D eigenvalue weighted by atomic mass is 16.1. The molecule has 0 aromatic rings. The highest BCUT2D eigenvalue weighted by Crippen LogP contribution is 2.16. The Hall–Kier alpha value is -0.610. The molecule has 0 radical (unpaired) electrons. The Bertz CT molecular complexity index is 289. The number of rotatable bonds is 4. The third kappa shape index (κ3) is 4.18. The van der Waals surface area contributed by atoms with Gasteiger partial charge in [-0.2, -0.15) is 0 Å². The maximum absolute atomic E-state index is 12.2. The Labute approximate surface area is 117 Å². The predicted molar refractivity (Wildman–Crippen MR) is 78.1 cm³/mol. The molecule has 0 saturated carbocycles. The lowest BCUT2D eigenvalue weighted by molar-refractivity contribution is -0.126. The molecule has 3 unspecified atom stereocenters. The van der Waals surface area contributed by atoms with Crippen molar-refractivity contribution in [3.8, 4) is 0 Å². The van der Waals surface area contributed by atoms with Gasteiger partial charge in [-0.15, -0.1) is 0 Å².